The van der Waals surface area contributed by atoms with Crippen molar-refractivity contribution in [2.24, 2.45) is 11.8 Å². The van der Waals surface area contributed by atoms with Gasteiger partial charge in [0.05, 0.1) is 13.7 Å². The molecule has 0 aromatic rings. The van der Waals surface area contributed by atoms with Crippen LogP contribution in [0.3, 0.4) is 0 Å². The zero-order valence-corrected chi connectivity index (χ0v) is 18.8. The minimum absolute atomic E-state index is 0.112. The van der Waals surface area contributed by atoms with E-state index in [1.165, 1.54) is 26.4 Å². The maximum atomic E-state index is 11.1. The van der Waals surface area contributed by atoms with Crippen molar-refractivity contribution in [1.29, 1.82) is 0 Å². The minimum Gasteiger partial charge on any atom is -0.469 e. The molecule has 0 bridgehead atoms. The Balaban J connectivity index is 2.31. The number of methoxy groups -OCH3 is 1. The predicted octanol–water partition coefficient (Wildman–Crippen LogP) is 6.27. The average Bonchev–Trinajstić information content (AvgIpc) is 3.00. The van der Waals surface area contributed by atoms with E-state index in [4.69, 9.17) is 4.43 Å². The van der Waals surface area contributed by atoms with Gasteiger partial charge in [0.15, 0.2) is 8.32 Å². The fraction of sp³-hybridized carbons (Fsp3) is 0.773. The lowest BCUT2D eigenvalue weighted by Crippen LogP contribution is -2.40. The predicted molar refractivity (Wildman–Crippen MR) is 113 cm³/mol. The molecular formula is C22H40O3Si. The number of allylic oxidation sites excluding steroid dienone is 3. The number of hydrogen-bond acceptors (Lipinski definition) is 3. The summed E-state index contributed by atoms with van der Waals surface area (Å²) in [7, 11) is -0.191. The van der Waals surface area contributed by atoms with Crippen LogP contribution >= 0.6 is 0 Å². The second kappa shape index (κ2) is 11.1. The Morgan fingerprint density at radius 3 is 2.54 bits per heavy atom. The SMILES string of the molecule is COC(=O)CCC/C=C\CC1CCCC1/C=C/CO[Si](C)(C)C(C)(C)C. The van der Waals surface area contributed by atoms with Gasteiger partial charge in [-0.2, -0.15) is 0 Å². The fourth-order valence-corrected chi connectivity index (χ4v) is 4.12. The highest BCUT2D eigenvalue weighted by atomic mass is 28.4. The largest absolute Gasteiger partial charge is 0.469 e. The van der Waals surface area contributed by atoms with Crippen LogP contribution in [0.1, 0.15) is 65.7 Å². The van der Waals surface area contributed by atoms with E-state index in [9.17, 15) is 4.79 Å². The third-order valence-corrected chi connectivity index (χ3v) is 10.5. The van der Waals surface area contributed by atoms with Gasteiger partial charge in [-0.3, -0.25) is 4.79 Å². The molecule has 0 aliphatic heterocycles. The van der Waals surface area contributed by atoms with Crippen LogP contribution in [0, 0.1) is 11.8 Å². The molecule has 1 aliphatic carbocycles. The van der Waals surface area contributed by atoms with Gasteiger partial charge in [0.2, 0.25) is 0 Å². The number of carbonyl (C=O) groups excluding carboxylic acids is 1. The lowest BCUT2D eigenvalue weighted by atomic mass is 9.92. The number of carbonyl (C=O) groups is 1. The third-order valence-electron chi connectivity index (χ3n) is 6.03. The molecule has 2 atom stereocenters. The first kappa shape index (κ1) is 23.2. The maximum Gasteiger partial charge on any atom is 0.305 e. The van der Waals surface area contributed by atoms with Crippen molar-refractivity contribution < 1.29 is 14.0 Å². The molecule has 0 radical (unpaired) electrons. The Morgan fingerprint density at radius 2 is 1.88 bits per heavy atom. The normalized spacial score (nSPS) is 21.8. The molecule has 26 heavy (non-hydrogen) atoms. The summed E-state index contributed by atoms with van der Waals surface area (Å²) in [6.45, 7) is 12.2. The summed E-state index contributed by atoms with van der Waals surface area (Å²) < 4.78 is 10.9. The molecule has 0 aromatic heterocycles. The zero-order valence-electron chi connectivity index (χ0n) is 17.8. The Morgan fingerprint density at radius 1 is 1.15 bits per heavy atom. The minimum atomic E-state index is -1.64. The van der Waals surface area contributed by atoms with E-state index in [1.54, 1.807) is 0 Å². The van der Waals surface area contributed by atoms with Gasteiger partial charge in [0, 0.05) is 6.42 Å². The van der Waals surface area contributed by atoms with Crippen LogP contribution in [0.5, 0.6) is 0 Å². The number of esters is 1. The van der Waals surface area contributed by atoms with Crippen LogP contribution in [-0.4, -0.2) is 28.0 Å². The highest BCUT2D eigenvalue weighted by Gasteiger charge is 2.36. The van der Waals surface area contributed by atoms with Gasteiger partial charge < -0.3 is 9.16 Å². The molecule has 4 heteroatoms. The van der Waals surface area contributed by atoms with Crippen LogP contribution in [0.2, 0.25) is 18.1 Å². The molecule has 2 unspecified atom stereocenters. The number of ether oxygens (including phenoxy) is 1. The molecule has 1 aliphatic rings. The van der Waals surface area contributed by atoms with E-state index in [-0.39, 0.29) is 11.0 Å². The second-order valence-electron chi connectivity index (χ2n) is 9.03. The maximum absolute atomic E-state index is 11.1. The van der Waals surface area contributed by atoms with Crippen LogP contribution in [0.4, 0.5) is 0 Å². The first-order valence-corrected chi connectivity index (χ1v) is 13.1. The van der Waals surface area contributed by atoms with Crippen molar-refractivity contribution in [2.45, 2.75) is 83.8 Å². The van der Waals surface area contributed by atoms with Gasteiger partial charge in [-0.05, 0) is 62.1 Å². The van der Waals surface area contributed by atoms with Crippen molar-refractivity contribution in [3.63, 3.8) is 0 Å². The van der Waals surface area contributed by atoms with Crippen LogP contribution in [-0.2, 0) is 14.0 Å². The van der Waals surface area contributed by atoms with Crippen molar-refractivity contribution in [3.8, 4) is 0 Å². The Bertz CT molecular complexity index is 474. The average molecular weight is 381 g/mol. The fourth-order valence-electron chi connectivity index (χ4n) is 3.17. The summed E-state index contributed by atoms with van der Waals surface area (Å²) >= 11 is 0. The van der Waals surface area contributed by atoms with Crippen LogP contribution < -0.4 is 0 Å². The Kier molecular flexibility index (Phi) is 9.87. The van der Waals surface area contributed by atoms with E-state index >= 15 is 0 Å². The number of rotatable bonds is 10. The van der Waals surface area contributed by atoms with E-state index in [0.29, 0.717) is 12.3 Å². The smallest absolute Gasteiger partial charge is 0.305 e. The van der Waals surface area contributed by atoms with Crippen molar-refractivity contribution >= 4 is 14.3 Å². The molecule has 1 rings (SSSR count). The molecule has 0 amide bonds. The van der Waals surface area contributed by atoms with Gasteiger partial charge in [0.1, 0.15) is 0 Å². The summed E-state index contributed by atoms with van der Waals surface area (Å²) in [5.74, 6) is 1.34. The van der Waals surface area contributed by atoms with Crippen LogP contribution in [0.15, 0.2) is 24.3 Å². The molecule has 0 heterocycles. The zero-order chi connectivity index (χ0) is 19.6. The molecule has 0 aromatic carbocycles. The van der Waals surface area contributed by atoms with E-state index < -0.39 is 8.32 Å². The molecule has 3 nitrogen and oxygen atoms in total. The molecule has 1 fully saturated rings. The monoisotopic (exact) mass is 380 g/mol. The number of unbranched alkanes of at least 4 members (excludes halogenated alkanes) is 1. The third kappa shape index (κ3) is 8.21. The molecule has 0 N–H and O–H groups in total. The first-order valence-electron chi connectivity index (χ1n) is 10.2. The molecule has 150 valence electrons. The van der Waals surface area contributed by atoms with Gasteiger partial charge in [-0.25, -0.2) is 0 Å². The number of hydrogen-bond donors (Lipinski definition) is 0. The lowest BCUT2D eigenvalue weighted by Gasteiger charge is -2.35. The summed E-state index contributed by atoms with van der Waals surface area (Å²) in [6.07, 6.45) is 16.6. The molecular weight excluding hydrogens is 340 g/mol. The van der Waals surface area contributed by atoms with Gasteiger partial charge in [-0.15, -0.1) is 0 Å². The summed E-state index contributed by atoms with van der Waals surface area (Å²) in [5.41, 5.74) is 0. The van der Waals surface area contributed by atoms with Crippen molar-refractivity contribution in [3.05, 3.63) is 24.3 Å². The standard InChI is InChI=1S/C22H40O3Si/c1-22(2,3)26(5,6)25-18-12-16-20-15-11-14-19(20)13-9-7-8-10-17-21(23)24-4/h7,9,12,16,19-20H,8,10-11,13-15,17-18H2,1-6H3/b9-7-,16-12+. The van der Waals surface area contributed by atoms with Gasteiger partial charge in [-0.1, -0.05) is 51.5 Å². The second-order valence-corrected chi connectivity index (χ2v) is 13.8. The van der Waals surface area contributed by atoms with Gasteiger partial charge in [0.25, 0.3) is 0 Å². The summed E-state index contributed by atoms with van der Waals surface area (Å²) in [4.78, 5) is 11.1. The van der Waals surface area contributed by atoms with Crippen molar-refractivity contribution in [2.75, 3.05) is 13.7 Å². The summed E-state index contributed by atoms with van der Waals surface area (Å²) in [6, 6.07) is 0. The Hall–Kier alpha value is -0.873. The first-order chi connectivity index (χ1) is 12.2. The van der Waals surface area contributed by atoms with Gasteiger partial charge >= 0.3 is 5.97 Å². The Labute approximate surface area is 162 Å². The van der Waals surface area contributed by atoms with E-state index in [2.05, 4.69) is 62.9 Å². The highest BCUT2D eigenvalue weighted by molar-refractivity contribution is 6.74. The highest BCUT2D eigenvalue weighted by Crippen LogP contribution is 2.37. The van der Waals surface area contributed by atoms with E-state index in [0.717, 1.165) is 31.8 Å². The lowest BCUT2D eigenvalue weighted by molar-refractivity contribution is -0.140. The quantitative estimate of drug-likeness (QED) is 0.194. The van der Waals surface area contributed by atoms with Crippen LogP contribution in [0.25, 0.3) is 0 Å². The topological polar surface area (TPSA) is 35.5 Å². The molecule has 0 spiro atoms. The summed E-state index contributed by atoms with van der Waals surface area (Å²) in [5, 5.41) is 0.273. The molecule has 1 saturated carbocycles. The molecule has 0 saturated heterocycles. The van der Waals surface area contributed by atoms with E-state index in [1.807, 2.05) is 0 Å². The van der Waals surface area contributed by atoms with Crippen molar-refractivity contribution in [1.82, 2.24) is 0 Å².